The van der Waals surface area contributed by atoms with Crippen molar-refractivity contribution in [3.8, 4) is 0 Å². The van der Waals surface area contributed by atoms with E-state index in [1.165, 1.54) is 6.42 Å². The van der Waals surface area contributed by atoms with E-state index in [0.29, 0.717) is 0 Å². The number of hydrogen-bond donors (Lipinski definition) is 1. The normalized spacial score (nSPS) is 26.1. The van der Waals surface area contributed by atoms with Crippen LogP contribution in [0.4, 0.5) is 0 Å². The predicted octanol–water partition coefficient (Wildman–Crippen LogP) is 2.20. The highest BCUT2D eigenvalue weighted by atomic mass is 28.4. The second kappa shape index (κ2) is 7.48. The topological polar surface area (TPSA) is 47.9 Å². The monoisotopic (exact) mass is 262 g/mol. The summed E-state index contributed by atoms with van der Waals surface area (Å²) in [6.45, 7) is 0. The maximum Gasteiger partial charge on any atom is 0.500 e. The molecule has 1 N–H and O–H groups in total. The van der Waals surface area contributed by atoms with E-state index in [-0.39, 0.29) is 6.10 Å². The van der Waals surface area contributed by atoms with Crippen LogP contribution in [0.25, 0.3) is 0 Å². The molecule has 0 bridgehead atoms. The van der Waals surface area contributed by atoms with Gasteiger partial charge in [-0.15, -0.1) is 0 Å². The van der Waals surface area contributed by atoms with E-state index in [4.69, 9.17) is 13.3 Å². The molecule has 4 nitrogen and oxygen atoms in total. The van der Waals surface area contributed by atoms with Gasteiger partial charge in [-0.3, -0.25) is 0 Å². The Morgan fingerprint density at radius 3 is 2.00 bits per heavy atom. The summed E-state index contributed by atoms with van der Waals surface area (Å²) < 4.78 is 16.2. The fraction of sp³-hybridized carbons (Fsp3) is 1.00. The molecule has 1 saturated carbocycles. The summed E-state index contributed by atoms with van der Waals surface area (Å²) in [6, 6.07) is 0.884. The molecule has 0 saturated heterocycles. The van der Waals surface area contributed by atoms with Gasteiger partial charge in [-0.1, -0.05) is 6.42 Å². The molecule has 0 aromatic heterocycles. The van der Waals surface area contributed by atoms with Gasteiger partial charge in [0.05, 0.1) is 6.10 Å². The Balaban J connectivity index is 2.22. The second-order valence-corrected chi connectivity index (χ2v) is 7.95. The third-order valence-electron chi connectivity index (χ3n) is 3.84. The Morgan fingerprint density at radius 2 is 1.53 bits per heavy atom. The Hall–Kier alpha value is 0.0569. The van der Waals surface area contributed by atoms with Crippen LogP contribution < -0.4 is 0 Å². The summed E-state index contributed by atoms with van der Waals surface area (Å²) in [5.74, 6) is 0.760. The smallest absolute Gasteiger partial charge is 0.393 e. The number of hydrogen-bond acceptors (Lipinski definition) is 4. The Morgan fingerprint density at radius 1 is 1.00 bits per heavy atom. The molecule has 0 atom stereocenters. The maximum atomic E-state index is 9.44. The summed E-state index contributed by atoms with van der Waals surface area (Å²) in [5, 5.41) is 9.44. The van der Waals surface area contributed by atoms with Gasteiger partial charge in [0.1, 0.15) is 0 Å². The van der Waals surface area contributed by atoms with Gasteiger partial charge in [-0.05, 0) is 38.0 Å². The zero-order chi connectivity index (χ0) is 12.7. The quantitative estimate of drug-likeness (QED) is 0.715. The van der Waals surface area contributed by atoms with Crippen molar-refractivity contribution >= 4 is 8.80 Å². The highest BCUT2D eigenvalue weighted by Crippen LogP contribution is 2.29. The zero-order valence-corrected chi connectivity index (χ0v) is 12.3. The third-order valence-corrected chi connectivity index (χ3v) is 6.68. The highest BCUT2D eigenvalue weighted by Gasteiger charge is 2.37. The van der Waals surface area contributed by atoms with Crippen LogP contribution in [0.5, 0.6) is 0 Å². The second-order valence-electron chi connectivity index (χ2n) is 4.86. The molecular weight excluding hydrogens is 236 g/mol. The minimum atomic E-state index is -2.36. The van der Waals surface area contributed by atoms with E-state index < -0.39 is 8.80 Å². The molecule has 0 amide bonds. The molecule has 1 rings (SSSR count). The molecule has 5 heteroatoms. The van der Waals surface area contributed by atoms with Crippen LogP contribution in [0.1, 0.15) is 38.5 Å². The van der Waals surface area contributed by atoms with Gasteiger partial charge in [0.2, 0.25) is 0 Å². The lowest BCUT2D eigenvalue weighted by Crippen LogP contribution is -2.42. The van der Waals surface area contributed by atoms with Crippen molar-refractivity contribution < 1.29 is 18.4 Å². The first-order valence-corrected chi connectivity index (χ1v) is 8.42. The van der Waals surface area contributed by atoms with Crippen LogP contribution in [0.3, 0.4) is 0 Å². The van der Waals surface area contributed by atoms with E-state index in [0.717, 1.165) is 44.1 Å². The Kier molecular flexibility index (Phi) is 6.65. The van der Waals surface area contributed by atoms with Gasteiger partial charge in [0, 0.05) is 27.4 Å². The van der Waals surface area contributed by atoms with Crippen molar-refractivity contribution in [1.29, 1.82) is 0 Å². The third kappa shape index (κ3) is 4.67. The Labute approximate surface area is 106 Å². The van der Waals surface area contributed by atoms with Gasteiger partial charge in [0.25, 0.3) is 0 Å². The first kappa shape index (κ1) is 15.1. The molecular formula is C12H26O4Si. The first-order valence-electron chi connectivity index (χ1n) is 6.49. The van der Waals surface area contributed by atoms with Crippen molar-refractivity contribution in [2.24, 2.45) is 5.92 Å². The van der Waals surface area contributed by atoms with Crippen molar-refractivity contribution in [2.75, 3.05) is 21.3 Å². The number of aliphatic hydroxyl groups is 1. The zero-order valence-electron chi connectivity index (χ0n) is 11.3. The van der Waals surface area contributed by atoms with Crippen molar-refractivity contribution in [3.63, 3.8) is 0 Å². The van der Waals surface area contributed by atoms with Crippen LogP contribution in [0, 0.1) is 5.92 Å². The lowest BCUT2D eigenvalue weighted by Gasteiger charge is -2.27. The standard InChI is InChI=1S/C12H26O4Si/c1-14-17(15-2,16-3)10-4-5-11-6-8-12(13)9-7-11/h11-13H,4-10H2,1-3H3. The van der Waals surface area contributed by atoms with Crippen molar-refractivity contribution in [3.05, 3.63) is 0 Å². The van der Waals surface area contributed by atoms with E-state index >= 15 is 0 Å². The van der Waals surface area contributed by atoms with Crippen LogP contribution in [-0.2, 0) is 13.3 Å². The summed E-state index contributed by atoms with van der Waals surface area (Å²) in [5.41, 5.74) is 0. The fourth-order valence-corrected chi connectivity index (χ4v) is 4.35. The van der Waals surface area contributed by atoms with Gasteiger partial charge in [0.15, 0.2) is 0 Å². The lowest BCUT2D eigenvalue weighted by molar-refractivity contribution is 0.103. The molecule has 0 aromatic carbocycles. The lowest BCUT2D eigenvalue weighted by atomic mass is 9.85. The predicted molar refractivity (Wildman–Crippen MR) is 68.8 cm³/mol. The van der Waals surface area contributed by atoms with Gasteiger partial charge >= 0.3 is 8.80 Å². The molecule has 102 valence electrons. The van der Waals surface area contributed by atoms with E-state index in [1.54, 1.807) is 21.3 Å². The molecule has 0 radical (unpaired) electrons. The first-order chi connectivity index (χ1) is 8.15. The minimum Gasteiger partial charge on any atom is -0.393 e. The number of aliphatic hydroxyl groups excluding tert-OH is 1. The minimum absolute atomic E-state index is 0.0587. The fourth-order valence-electron chi connectivity index (χ4n) is 2.60. The van der Waals surface area contributed by atoms with Gasteiger partial charge in [-0.2, -0.15) is 0 Å². The van der Waals surface area contributed by atoms with Crippen molar-refractivity contribution in [2.45, 2.75) is 50.7 Å². The molecule has 0 aromatic rings. The molecule has 1 aliphatic carbocycles. The van der Waals surface area contributed by atoms with Gasteiger partial charge < -0.3 is 18.4 Å². The molecule has 0 heterocycles. The largest absolute Gasteiger partial charge is 0.500 e. The average molecular weight is 262 g/mol. The van der Waals surface area contributed by atoms with Crippen LogP contribution in [0.2, 0.25) is 6.04 Å². The average Bonchev–Trinajstić information content (AvgIpc) is 2.38. The van der Waals surface area contributed by atoms with E-state index in [2.05, 4.69) is 0 Å². The van der Waals surface area contributed by atoms with Crippen LogP contribution in [0.15, 0.2) is 0 Å². The maximum absolute atomic E-state index is 9.44. The summed E-state index contributed by atoms with van der Waals surface area (Å²) in [7, 11) is 2.62. The van der Waals surface area contributed by atoms with Gasteiger partial charge in [-0.25, -0.2) is 0 Å². The molecule has 0 spiro atoms. The molecule has 1 fully saturated rings. The van der Waals surface area contributed by atoms with E-state index in [1.807, 2.05) is 0 Å². The molecule has 0 aliphatic heterocycles. The molecule has 0 unspecified atom stereocenters. The Bertz CT molecular complexity index is 192. The molecule has 1 aliphatic rings. The summed E-state index contributed by atoms with van der Waals surface area (Å²) >= 11 is 0. The van der Waals surface area contributed by atoms with Crippen LogP contribution in [-0.4, -0.2) is 41.3 Å². The van der Waals surface area contributed by atoms with Crippen molar-refractivity contribution in [1.82, 2.24) is 0 Å². The van der Waals surface area contributed by atoms with Crippen LogP contribution >= 0.6 is 0 Å². The number of rotatable bonds is 7. The SMILES string of the molecule is CO[Si](CCCC1CCC(O)CC1)(OC)OC. The molecule has 17 heavy (non-hydrogen) atoms. The van der Waals surface area contributed by atoms with E-state index in [9.17, 15) is 5.11 Å². The summed E-state index contributed by atoms with van der Waals surface area (Å²) in [6.07, 6.45) is 6.46. The highest BCUT2D eigenvalue weighted by molar-refractivity contribution is 6.60. The summed E-state index contributed by atoms with van der Waals surface area (Å²) in [4.78, 5) is 0.